The molecule has 1 aromatic carbocycles. The summed E-state index contributed by atoms with van der Waals surface area (Å²) in [6.07, 6.45) is -3.37. The topological polar surface area (TPSA) is 70.6 Å². The molecule has 0 bridgehead atoms. The maximum absolute atomic E-state index is 13.1. The zero-order valence-corrected chi connectivity index (χ0v) is 18.3. The Labute approximate surface area is 179 Å². The molecule has 0 radical (unpaired) electrons. The second-order valence-corrected chi connectivity index (χ2v) is 9.21. The van der Waals surface area contributed by atoms with Crippen molar-refractivity contribution in [1.82, 2.24) is 9.29 Å². The maximum Gasteiger partial charge on any atom is 0.433 e. The minimum atomic E-state index is -4.59. The van der Waals surface area contributed by atoms with E-state index in [-0.39, 0.29) is 16.2 Å². The first-order valence-corrected chi connectivity index (χ1v) is 11.4. The van der Waals surface area contributed by atoms with Crippen LogP contribution in [0.25, 0.3) is 0 Å². The fourth-order valence-corrected chi connectivity index (χ4v) is 5.26. The summed E-state index contributed by atoms with van der Waals surface area (Å²) >= 11 is 0. The third-order valence-electron chi connectivity index (χ3n) is 5.36. The highest BCUT2D eigenvalue weighted by Gasteiger charge is 2.34. The maximum atomic E-state index is 13.1. The lowest BCUT2D eigenvalue weighted by molar-refractivity contribution is -0.141. The van der Waals surface area contributed by atoms with Crippen molar-refractivity contribution in [2.75, 3.05) is 24.5 Å². The number of nitrogens with zero attached hydrogens (tertiary/aromatic N) is 3. The van der Waals surface area contributed by atoms with Gasteiger partial charge in [-0.2, -0.15) is 17.5 Å². The van der Waals surface area contributed by atoms with E-state index < -0.39 is 27.8 Å². The quantitative estimate of drug-likeness (QED) is 0.683. The molecule has 2 aromatic rings. The van der Waals surface area contributed by atoms with Crippen LogP contribution in [0.5, 0.6) is 0 Å². The Morgan fingerprint density at radius 1 is 1.16 bits per heavy atom. The molecule has 0 saturated heterocycles. The minimum Gasteiger partial charge on any atom is -0.308 e. The fourth-order valence-electron chi connectivity index (χ4n) is 3.75. The highest BCUT2D eigenvalue weighted by molar-refractivity contribution is 7.89. The number of halogens is 3. The van der Waals surface area contributed by atoms with Crippen LogP contribution in [0.2, 0.25) is 0 Å². The van der Waals surface area contributed by atoms with Gasteiger partial charge in [-0.25, -0.2) is 13.4 Å². The lowest BCUT2D eigenvalue weighted by atomic mass is 10.0. The van der Waals surface area contributed by atoms with Crippen molar-refractivity contribution in [3.63, 3.8) is 0 Å². The third kappa shape index (κ3) is 4.45. The summed E-state index contributed by atoms with van der Waals surface area (Å²) in [4.78, 5) is 18.3. The number of aryl methyl sites for hydroxylation is 2. The van der Waals surface area contributed by atoms with E-state index in [1.165, 1.54) is 22.2 Å². The van der Waals surface area contributed by atoms with Crippen LogP contribution >= 0.6 is 0 Å². The van der Waals surface area contributed by atoms with E-state index in [0.717, 1.165) is 12.1 Å². The highest BCUT2D eigenvalue weighted by Crippen LogP contribution is 2.33. The molecule has 1 amide bonds. The molecule has 2 heterocycles. The van der Waals surface area contributed by atoms with Gasteiger partial charge >= 0.3 is 6.18 Å². The van der Waals surface area contributed by atoms with Crippen molar-refractivity contribution in [3.8, 4) is 0 Å². The first-order valence-electron chi connectivity index (χ1n) is 10.0. The molecule has 1 aliphatic rings. The molecule has 1 aliphatic heterocycles. The van der Waals surface area contributed by atoms with Crippen LogP contribution in [0, 0.1) is 6.92 Å². The Morgan fingerprint density at radius 3 is 2.42 bits per heavy atom. The van der Waals surface area contributed by atoms with Gasteiger partial charge in [-0.05, 0) is 55.7 Å². The lowest BCUT2D eigenvalue weighted by Crippen LogP contribution is -2.36. The summed E-state index contributed by atoms with van der Waals surface area (Å²) in [5.41, 5.74) is 0.305. The van der Waals surface area contributed by atoms with Gasteiger partial charge in [0.15, 0.2) is 0 Å². The van der Waals surface area contributed by atoms with Gasteiger partial charge in [0.25, 0.3) is 5.91 Å². The number of amides is 1. The van der Waals surface area contributed by atoms with E-state index in [0.29, 0.717) is 43.7 Å². The van der Waals surface area contributed by atoms with Gasteiger partial charge in [0.1, 0.15) is 5.69 Å². The number of rotatable bonds is 5. The number of benzene rings is 1. The molecule has 0 saturated carbocycles. The molecule has 0 aliphatic carbocycles. The predicted molar refractivity (Wildman–Crippen MR) is 111 cm³/mol. The average Bonchev–Trinajstić information content (AvgIpc) is 2.72. The molecule has 0 N–H and O–H groups in total. The van der Waals surface area contributed by atoms with Crippen LogP contribution in [0.1, 0.15) is 47.6 Å². The van der Waals surface area contributed by atoms with Crippen molar-refractivity contribution < 1.29 is 26.4 Å². The number of anilines is 1. The molecule has 168 valence electrons. The Balaban J connectivity index is 1.96. The number of hydrogen-bond acceptors (Lipinski definition) is 4. The van der Waals surface area contributed by atoms with E-state index in [1.54, 1.807) is 26.0 Å². The molecule has 10 heteroatoms. The number of sulfonamides is 1. The van der Waals surface area contributed by atoms with Gasteiger partial charge in [-0.3, -0.25) is 4.79 Å². The summed E-state index contributed by atoms with van der Waals surface area (Å²) in [6.45, 7) is 5.98. The molecule has 0 spiro atoms. The van der Waals surface area contributed by atoms with Crippen LogP contribution in [0.4, 0.5) is 18.9 Å². The van der Waals surface area contributed by atoms with E-state index in [2.05, 4.69) is 4.98 Å². The smallest absolute Gasteiger partial charge is 0.308 e. The summed E-state index contributed by atoms with van der Waals surface area (Å²) in [5, 5.41) is 0. The van der Waals surface area contributed by atoms with E-state index in [9.17, 15) is 26.4 Å². The third-order valence-corrected chi connectivity index (χ3v) is 7.41. The number of alkyl halides is 3. The fraction of sp³-hybridized carbons (Fsp3) is 0.429. The molecule has 6 nitrogen and oxygen atoms in total. The summed E-state index contributed by atoms with van der Waals surface area (Å²) in [7, 11) is -3.64. The molecule has 0 unspecified atom stereocenters. The summed E-state index contributed by atoms with van der Waals surface area (Å²) < 4.78 is 65.7. The normalized spacial score (nSPS) is 14.6. The number of aromatic nitrogens is 1. The molecule has 3 rings (SSSR count). The average molecular weight is 456 g/mol. The van der Waals surface area contributed by atoms with Crippen LogP contribution in [0.15, 0.2) is 35.2 Å². The lowest BCUT2D eigenvalue weighted by Gasteiger charge is -2.30. The monoisotopic (exact) mass is 455 g/mol. The van der Waals surface area contributed by atoms with Gasteiger partial charge in [0, 0.05) is 25.3 Å². The number of hydrogen-bond donors (Lipinski definition) is 0. The van der Waals surface area contributed by atoms with Crippen molar-refractivity contribution in [2.45, 2.75) is 44.7 Å². The molecular weight excluding hydrogens is 431 g/mol. The second-order valence-electron chi connectivity index (χ2n) is 7.27. The highest BCUT2D eigenvalue weighted by atomic mass is 32.2. The van der Waals surface area contributed by atoms with Crippen molar-refractivity contribution in [2.24, 2.45) is 0 Å². The van der Waals surface area contributed by atoms with Crippen LogP contribution in [-0.2, 0) is 22.6 Å². The van der Waals surface area contributed by atoms with Crippen molar-refractivity contribution in [3.05, 3.63) is 52.8 Å². The Morgan fingerprint density at radius 2 is 1.84 bits per heavy atom. The second kappa shape index (κ2) is 8.58. The minimum absolute atomic E-state index is 0.00678. The largest absolute Gasteiger partial charge is 0.433 e. The first-order chi connectivity index (χ1) is 14.5. The van der Waals surface area contributed by atoms with Crippen molar-refractivity contribution >= 4 is 21.6 Å². The molecular formula is C21H24F3N3O3S. The molecule has 0 fully saturated rings. The van der Waals surface area contributed by atoms with Gasteiger partial charge in [0.2, 0.25) is 10.0 Å². The van der Waals surface area contributed by atoms with Crippen LogP contribution in [-0.4, -0.2) is 43.2 Å². The number of carbonyl (C=O) groups excluding carboxylic acids is 1. The van der Waals surface area contributed by atoms with Crippen LogP contribution < -0.4 is 4.90 Å². The first kappa shape index (κ1) is 23.2. The zero-order chi connectivity index (χ0) is 23.0. The Hall–Kier alpha value is -2.46. The Kier molecular flexibility index (Phi) is 6.43. The number of fused-ring (bicyclic) bond motifs is 1. The van der Waals surface area contributed by atoms with E-state index in [4.69, 9.17) is 0 Å². The van der Waals surface area contributed by atoms with Gasteiger partial charge in [0.05, 0.1) is 16.2 Å². The number of pyridine rings is 1. The van der Waals surface area contributed by atoms with E-state index in [1.807, 2.05) is 0 Å². The summed E-state index contributed by atoms with van der Waals surface area (Å²) in [5.74, 6) is -0.459. The molecule has 1 aromatic heterocycles. The zero-order valence-electron chi connectivity index (χ0n) is 17.5. The predicted octanol–water partition coefficient (Wildman–Crippen LogP) is 4.03. The van der Waals surface area contributed by atoms with E-state index >= 15 is 0 Å². The van der Waals surface area contributed by atoms with Gasteiger partial charge in [-0.15, -0.1) is 0 Å². The van der Waals surface area contributed by atoms with Crippen LogP contribution in [0.3, 0.4) is 0 Å². The molecule has 0 atom stereocenters. The molecule has 31 heavy (non-hydrogen) atoms. The standard InChI is InChI=1S/C21H24F3N3O3S/c1-4-26(5-2)31(29,30)16-8-10-18-15(13-16)7-6-12-27(18)20(28)17-9-11-19(21(22,23)24)25-14(17)3/h8-11,13H,4-7,12H2,1-3H3. The summed E-state index contributed by atoms with van der Waals surface area (Å²) in [6, 6.07) is 6.58. The number of carbonyl (C=O) groups is 1. The van der Waals surface area contributed by atoms with Gasteiger partial charge in [-0.1, -0.05) is 13.8 Å². The van der Waals surface area contributed by atoms with Crippen molar-refractivity contribution in [1.29, 1.82) is 0 Å². The van der Waals surface area contributed by atoms with Gasteiger partial charge < -0.3 is 4.90 Å². The Bertz CT molecular complexity index is 1100. The SMILES string of the molecule is CCN(CC)S(=O)(=O)c1ccc2c(c1)CCCN2C(=O)c1ccc(C(F)(F)F)nc1C.